The van der Waals surface area contributed by atoms with Crippen molar-refractivity contribution in [2.75, 3.05) is 20.2 Å². The fourth-order valence-electron chi connectivity index (χ4n) is 3.00. The second kappa shape index (κ2) is 8.12. The average Bonchev–Trinajstić information content (AvgIpc) is 3.03. The summed E-state index contributed by atoms with van der Waals surface area (Å²) in [5.41, 5.74) is 0.384. The van der Waals surface area contributed by atoms with Crippen LogP contribution in [0.1, 0.15) is 32.8 Å². The van der Waals surface area contributed by atoms with Crippen LogP contribution >= 0.6 is 0 Å². The third kappa shape index (κ3) is 4.20. The molecule has 0 aliphatic carbocycles. The number of rotatable bonds is 10. The summed E-state index contributed by atoms with van der Waals surface area (Å²) < 4.78 is 0. The summed E-state index contributed by atoms with van der Waals surface area (Å²) >= 11 is 0. The number of carbonyl (C=O) groups is 2. The first kappa shape index (κ1) is 20.3. The highest BCUT2D eigenvalue weighted by Gasteiger charge is 2.33. The third-order valence-electron chi connectivity index (χ3n) is 5.35. The second-order valence-electron chi connectivity index (χ2n) is 7.26. The van der Waals surface area contributed by atoms with Gasteiger partial charge in [0, 0.05) is 30.1 Å². The Morgan fingerprint density at radius 3 is 2.50 bits per heavy atom. The number of para-hydroxylation sites is 1. The van der Waals surface area contributed by atoms with Gasteiger partial charge in [-0.05, 0) is 45.9 Å². The van der Waals surface area contributed by atoms with E-state index < -0.39 is 11.1 Å². The molecule has 0 bridgehead atoms. The number of ketones is 2. The van der Waals surface area contributed by atoms with Crippen LogP contribution in [0, 0.1) is 0 Å². The standard InChI is InChI=1S/C20H29N3O3/c1-14(25)19(2,23-10-9-18(26)20(3,13-24)21-4)11-15-12-22-17-8-6-5-7-16(15)17/h5-8,12,21-24H,9-11,13H2,1-4H3/t19-,20-/m0/s1. The van der Waals surface area contributed by atoms with Crippen LogP contribution < -0.4 is 10.6 Å². The van der Waals surface area contributed by atoms with Gasteiger partial charge in [-0.2, -0.15) is 0 Å². The van der Waals surface area contributed by atoms with E-state index in [1.54, 1.807) is 20.9 Å². The number of hydrogen-bond acceptors (Lipinski definition) is 5. The molecule has 0 saturated heterocycles. The minimum absolute atomic E-state index is 0.0220. The molecular weight excluding hydrogens is 330 g/mol. The zero-order valence-electron chi connectivity index (χ0n) is 16.0. The van der Waals surface area contributed by atoms with E-state index in [1.165, 1.54) is 0 Å². The summed E-state index contributed by atoms with van der Waals surface area (Å²) in [6, 6.07) is 7.98. The molecule has 0 radical (unpaired) electrons. The molecule has 0 amide bonds. The highest BCUT2D eigenvalue weighted by atomic mass is 16.3. The maximum absolute atomic E-state index is 12.3. The summed E-state index contributed by atoms with van der Waals surface area (Å²) in [6.07, 6.45) is 2.70. The Labute approximate surface area is 154 Å². The number of likely N-dealkylation sites (N-methyl/N-ethyl adjacent to an activating group) is 1. The van der Waals surface area contributed by atoms with E-state index in [-0.39, 0.29) is 24.6 Å². The number of aliphatic hydroxyl groups excluding tert-OH is 1. The Kier molecular flexibility index (Phi) is 6.34. The highest BCUT2D eigenvalue weighted by Crippen LogP contribution is 2.23. The van der Waals surface area contributed by atoms with Crippen LogP contribution in [0.2, 0.25) is 0 Å². The molecule has 1 aromatic carbocycles. The van der Waals surface area contributed by atoms with E-state index in [9.17, 15) is 14.7 Å². The number of benzene rings is 1. The Hall–Kier alpha value is -2.02. The van der Waals surface area contributed by atoms with Crippen molar-refractivity contribution in [3.63, 3.8) is 0 Å². The molecule has 0 aliphatic rings. The molecule has 0 unspecified atom stereocenters. The van der Waals surface area contributed by atoms with Gasteiger partial charge in [0.2, 0.25) is 0 Å². The molecule has 2 atom stereocenters. The van der Waals surface area contributed by atoms with Crippen LogP contribution in [0.25, 0.3) is 10.9 Å². The molecule has 0 spiro atoms. The molecule has 0 fully saturated rings. The molecule has 4 N–H and O–H groups in total. The fourth-order valence-corrected chi connectivity index (χ4v) is 3.00. The van der Waals surface area contributed by atoms with Gasteiger partial charge in [-0.15, -0.1) is 0 Å². The fraction of sp³-hybridized carbons (Fsp3) is 0.500. The number of fused-ring (bicyclic) bond motifs is 1. The Morgan fingerprint density at radius 2 is 1.88 bits per heavy atom. The molecule has 142 valence electrons. The van der Waals surface area contributed by atoms with Crippen molar-refractivity contribution in [1.82, 2.24) is 15.6 Å². The van der Waals surface area contributed by atoms with E-state index in [0.717, 1.165) is 16.5 Å². The lowest BCUT2D eigenvalue weighted by molar-refractivity contribution is -0.127. The van der Waals surface area contributed by atoms with E-state index in [0.29, 0.717) is 13.0 Å². The number of carbonyl (C=O) groups excluding carboxylic acids is 2. The monoisotopic (exact) mass is 359 g/mol. The number of hydrogen-bond donors (Lipinski definition) is 4. The molecular formula is C20H29N3O3. The van der Waals surface area contributed by atoms with Gasteiger partial charge in [0.15, 0.2) is 5.78 Å². The van der Waals surface area contributed by atoms with Crippen molar-refractivity contribution in [3.8, 4) is 0 Å². The lowest BCUT2D eigenvalue weighted by atomic mass is 9.88. The van der Waals surface area contributed by atoms with Crippen LogP contribution in [0.15, 0.2) is 30.5 Å². The lowest BCUT2D eigenvalue weighted by Crippen LogP contribution is -2.54. The van der Waals surface area contributed by atoms with Crippen LogP contribution in [0.5, 0.6) is 0 Å². The zero-order valence-corrected chi connectivity index (χ0v) is 16.0. The first-order valence-corrected chi connectivity index (χ1v) is 8.90. The highest BCUT2D eigenvalue weighted by molar-refractivity contribution is 5.90. The Morgan fingerprint density at radius 1 is 1.19 bits per heavy atom. The predicted octanol–water partition coefficient (Wildman–Crippen LogP) is 1.58. The smallest absolute Gasteiger partial charge is 0.156 e. The quantitative estimate of drug-likeness (QED) is 0.517. The maximum Gasteiger partial charge on any atom is 0.156 e. The number of aromatic nitrogens is 1. The molecule has 1 aromatic heterocycles. The Bertz CT molecular complexity index is 779. The molecule has 6 heteroatoms. The number of nitrogens with one attached hydrogen (secondary N) is 3. The van der Waals surface area contributed by atoms with Crippen molar-refractivity contribution in [3.05, 3.63) is 36.0 Å². The summed E-state index contributed by atoms with van der Waals surface area (Å²) in [5, 5.41) is 16.6. The van der Waals surface area contributed by atoms with E-state index in [2.05, 4.69) is 15.6 Å². The predicted molar refractivity (Wildman–Crippen MR) is 103 cm³/mol. The lowest BCUT2D eigenvalue weighted by Gasteiger charge is -2.30. The molecule has 2 rings (SSSR count). The van der Waals surface area contributed by atoms with Gasteiger partial charge in [0.1, 0.15) is 5.78 Å². The second-order valence-corrected chi connectivity index (χ2v) is 7.26. The Balaban J connectivity index is 2.08. The van der Waals surface area contributed by atoms with Crippen LogP contribution in [-0.4, -0.2) is 52.9 Å². The topological polar surface area (TPSA) is 94.2 Å². The van der Waals surface area contributed by atoms with Crippen molar-refractivity contribution in [2.24, 2.45) is 0 Å². The van der Waals surface area contributed by atoms with Crippen molar-refractivity contribution >= 4 is 22.5 Å². The van der Waals surface area contributed by atoms with E-state index >= 15 is 0 Å². The number of aliphatic hydroxyl groups is 1. The van der Waals surface area contributed by atoms with Gasteiger partial charge in [-0.1, -0.05) is 18.2 Å². The maximum atomic E-state index is 12.3. The van der Waals surface area contributed by atoms with Crippen molar-refractivity contribution in [1.29, 1.82) is 0 Å². The largest absolute Gasteiger partial charge is 0.394 e. The molecule has 0 saturated carbocycles. The van der Waals surface area contributed by atoms with Crippen LogP contribution in [0.4, 0.5) is 0 Å². The van der Waals surface area contributed by atoms with Crippen molar-refractivity contribution < 1.29 is 14.7 Å². The summed E-state index contributed by atoms with van der Waals surface area (Å²) in [4.78, 5) is 27.9. The summed E-state index contributed by atoms with van der Waals surface area (Å²) in [6.45, 7) is 5.21. The van der Waals surface area contributed by atoms with Crippen LogP contribution in [0.3, 0.4) is 0 Å². The summed E-state index contributed by atoms with van der Waals surface area (Å²) in [7, 11) is 1.65. The summed E-state index contributed by atoms with van der Waals surface area (Å²) in [5.74, 6) is -0.0678. The molecule has 26 heavy (non-hydrogen) atoms. The van der Waals surface area contributed by atoms with Gasteiger partial charge in [0.25, 0.3) is 0 Å². The van der Waals surface area contributed by atoms with E-state index in [1.807, 2.05) is 37.4 Å². The zero-order chi connectivity index (χ0) is 19.4. The van der Waals surface area contributed by atoms with Crippen molar-refractivity contribution in [2.45, 2.75) is 44.7 Å². The first-order chi connectivity index (χ1) is 12.3. The number of Topliss-reactive ketones (excluding diaryl/α,β-unsaturated/α-hetero) is 2. The number of H-pyrrole nitrogens is 1. The minimum Gasteiger partial charge on any atom is -0.394 e. The molecule has 6 nitrogen and oxygen atoms in total. The minimum atomic E-state index is -0.953. The average molecular weight is 359 g/mol. The van der Waals surface area contributed by atoms with Gasteiger partial charge >= 0.3 is 0 Å². The first-order valence-electron chi connectivity index (χ1n) is 8.90. The SMILES string of the molecule is CN[C@@](C)(CO)C(=O)CCN[C@@](C)(Cc1c[nH]c2ccccc12)C(C)=O. The molecule has 0 aliphatic heterocycles. The number of aromatic amines is 1. The van der Waals surface area contributed by atoms with Gasteiger partial charge in [-0.3, -0.25) is 9.59 Å². The normalized spacial score (nSPS) is 16.2. The molecule has 2 aromatic rings. The third-order valence-corrected chi connectivity index (χ3v) is 5.35. The van der Waals surface area contributed by atoms with Crippen LogP contribution in [-0.2, 0) is 16.0 Å². The van der Waals surface area contributed by atoms with Gasteiger partial charge in [0.05, 0.1) is 17.7 Å². The van der Waals surface area contributed by atoms with Gasteiger partial charge < -0.3 is 20.7 Å². The van der Waals surface area contributed by atoms with Gasteiger partial charge in [-0.25, -0.2) is 0 Å². The molecule has 1 heterocycles. The van der Waals surface area contributed by atoms with E-state index in [4.69, 9.17) is 0 Å².